The minimum absolute atomic E-state index is 1.05. The molecular formula is C6H6Cl2P+. The van der Waals surface area contributed by atoms with E-state index in [1.54, 1.807) is 0 Å². The Morgan fingerprint density at radius 3 is 1.89 bits per heavy atom. The summed E-state index contributed by atoms with van der Waals surface area (Å²) < 4.78 is 0. The first-order valence-electron chi connectivity index (χ1n) is 2.54. The van der Waals surface area contributed by atoms with Gasteiger partial charge in [-0.2, -0.15) is 0 Å². The summed E-state index contributed by atoms with van der Waals surface area (Å²) >= 11 is 11.3. The van der Waals surface area contributed by atoms with Crippen molar-refractivity contribution in [3.8, 4) is 0 Å². The summed E-state index contributed by atoms with van der Waals surface area (Å²) in [6.45, 7) is -1.27. The molecule has 1 aromatic rings. The van der Waals surface area contributed by atoms with E-state index in [1.807, 2.05) is 30.3 Å². The second-order valence-electron chi connectivity index (χ2n) is 1.63. The van der Waals surface area contributed by atoms with Crippen LogP contribution < -0.4 is 5.30 Å². The van der Waals surface area contributed by atoms with Gasteiger partial charge in [0.25, 0.3) is 0 Å². The number of rotatable bonds is 1. The first kappa shape index (κ1) is 7.34. The Morgan fingerprint density at radius 1 is 1.00 bits per heavy atom. The second kappa shape index (κ2) is 3.41. The third kappa shape index (κ3) is 2.14. The number of benzene rings is 1. The molecule has 0 heterocycles. The van der Waals surface area contributed by atoms with E-state index in [0.717, 1.165) is 5.30 Å². The van der Waals surface area contributed by atoms with Gasteiger partial charge in [0.1, 0.15) is 27.8 Å². The predicted molar refractivity (Wildman–Crippen MR) is 46.1 cm³/mol. The maximum atomic E-state index is 5.67. The smallest absolute Gasteiger partial charge is 0.0620 e. The summed E-state index contributed by atoms with van der Waals surface area (Å²) in [6.07, 6.45) is 0. The molecule has 0 atom stereocenters. The first-order chi connectivity index (χ1) is 4.30. The van der Waals surface area contributed by atoms with Crippen LogP contribution in [0.4, 0.5) is 0 Å². The first-order valence-corrected chi connectivity index (χ1v) is 6.06. The van der Waals surface area contributed by atoms with E-state index in [0.29, 0.717) is 0 Å². The molecule has 0 spiro atoms. The van der Waals surface area contributed by atoms with E-state index in [1.165, 1.54) is 0 Å². The van der Waals surface area contributed by atoms with E-state index < -0.39 is 6.63 Å². The zero-order chi connectivity index (χ0) is 6.69. The molecule has 0 radical (unpaired) electrons. The Hall–Kier alpha value is 0.230. The van der Waals surface area contributed by atoms with Gasteiger partial charge in [-0.15, -0.1) is 0 Å². The molecule has 0 saturated carbocycles. The van der Waals surface area contributed by atoms with Crippen molar-refractivity contribution >= 4 is 34.4 Å². The molecule has 0 aliphatic carbocycles. The second-order valence-corrected chi connectivity index (χ2v) is 5.57. The molecule has 1 rings (SSSR count). The SMILES string of the molecule is Cl[PH+](Cl)c1ccccc1. The molecular weight excluding hydrogens is 174 g/mol. The molecule has 0 fully saturated rings. The molecule has 0 amide bonds. The summed E-state index contributed by atoms with van der Waals surface area (Å²) in [5.41, 5.74) is 0. The van der Waals surface area contributed by atoms with Crippen molar-refractivity contribution in [3.05, 3.63) is 30.3 Å². The van der Waals surface area contributed by atoms with Crippen LogP contribution >= 0.6 is 29.1 Å². The molecule has 0 unspecified atom stereocenters. The summed E-state index contributed by atoms with van der Waals surface area (Å²) in [5, 5.41) is 1.05. The van der Waals surface area contributed by atoms with Crippen LogP contribution in [0.5, 0.6) is 0 Å². The number of hydrogen-bond donors (Lipinski definition) is 0. The third-order valence-electron chi connectivity index (χ3n) is 0.992. The van der Waals surface area contributed by atoms with Crippen LogP contribution in [-0.2, 0) is 0 Å². The lowest BCUT2D eigenvalue weighted by Gasteiger charge is -1.87. The van der Waals surface area contributed by atoms with Crippen molar-refractivity contribution in [2.45, 2.75) is 0 Å². The summed E-state index contributed by atoms with van der Waals surface area (Å²) in [6, 6.07) is 9.69. The van der Waals surface area contributed by atoms with E-state index in [9.17, 15) is 0 Å². The Kier molecular flexibility index (Phi) is 2.78. The maximum absolute atomic E-state index is 5.67. The van der Waals surface area contributed by atoms with Gasteiger partial charge in [-0.3, -0.25) is 0 Å². The zero-order valence-electron chi connectivity index (χ0n) is 4.64. The largest absolute Gasteiger partial charge is 0.231 e. The van der Waals surface area contributed by atoms with E-state index in [-0.39, 0.29) is 0 Å². The van der Waals surface area contributed by atoms with Crippen LogP contribution in [0, 0.1) is 0 Å². The van der Waals surface area contributed by atoms with Crippen molar-refractivity contribution in [2.24, 2.45) is 0 Å². The van der Waals surface area contributed by atoms with E-state index >= 15 is 0 Å². The molecule has 3 heteroatoms. The number of halogens is 2. The fourth-order valence-corrected chi connectivity index (χ4v) is 1.76. The van der Waals surface area contributed by atoms with Crippen LogP contribution in [0.25, 0.3) is 0 Å². The zero-order valence-corrected chi connectivity index (χ0v) is 7.15. The molecule has 0 aliphatic heterocycles. The van der Waals surface area contributed by atoms with Gasteiger partial charge < -0.3 is 0 Å². The third-order valence-corrected chi connectivity index (χ3v) is 3.07. The molecule has 0 saturated heterocycles. The van der Waals surface area contributed by atoms with Crippen LogP contribution in [0.3, 0.4) is 0 Å². The summed E-state index contributed by atoms with van der Waals surface area (Å²) in [7, 11) is 0. The normalized spacial score (nSPS) is 10.1. The van der Waals surface area contributed by atoms with Crippen molar-refractivity contribution in [2.75, 3.05) is 0 Å². The monoisotopic (exact) mass is 179 g/mol. The number of hydrogen-bond acceptors (Lipinski definition) is 0. The maximum Gasteiger partial charge on any atom is 0.231 e. The Balaban J connectivity index is 2.85. The van der Waals surface area contributed by atoms with Crippen molar-refractivity contribution < 1.29 is 0 Å². The van der Waals surface area contributed by atoms with Gasteiger partial charge in [-0.05, 0) is 12.1 Å². The fraction of sp³-hybridized carbons (Fsp3) is 0. The topological polar surface area (TPSA) is 0 Å². The fourth-order valence-electron chi connectivity index (χ4n) is 0.564. The van der Waals surface area contributed by atoms with E-state index in [2.05, 4.69) is 0 Å². The lowest BCUT2D eigenvalue weighted by atomic mass is 10.4. The van der Waals surface area contributed by atoms with Gasteiger partial charge in [0, 0.05) is 0 Å². The Morgan fingerprint density at radius 2 is 1.56 bits per heavy atom. The summed E-state index contributed by atoms with van der Waals surface area (Å²) in [5.74, 6) is 0. The van der Waals surface area contributed by atoms with Gasteiger partial charge in [-0.25, -0.2) is 0 Å². The highest BCUT2D eigenvalue weighted by Crippen LogP contribution is 2.44. The molecule has 0 nitrogen and oxygen atoms in total. The quantitative estimate of drug-likeness (QED) is 0.583. The molecule has 0 aromatic heterocycles. The highest BCUT2D eigenvalue weighted by Gasteiger charge is 2.10. The van der Waals surface area contributed by atoms with Gasteiger partial charge in [0.2, 0.25) is 6.63 Å². The van der Waals surface area contributed by atoms with E-state index in [4.69, 9.17) is 22.5 Å². The van der Waals surface area contributed by atoms with Crippen molar-refractivity contribution in [3.63, 3.8) is 0 Å². The highest BCUT2D eigenvalue weighted by atomic mass is 35.9. The van der Waals surface area contributed by atoms with Gasteiger partial charge >= 0.3 is 0 Å². The van der Waals surface area contributed by atoms with Crippen LogP contribution in [0.15, 0.2) is 30.3 Å². The van der Waals surface area contributed by atoms with Crippen molar-refractivity contribution in [1.82, 2.24) is 0 Å². The minimum Gasteiger partial charge on any atom is -0.0620 e. The predicted octanol–water partition coefficient (Wildman–Crippen LogP) is 2.83. The van der Waals surface area contributed by atoms with Crippen LogP contribution in [0.1, 0.15) is 0 Å². The lowest BCUT2D eigenvalue weighted by molar-refractivity contribution is 1.78. The van der Waals surface area contributed by atoms with Gasteiger partial charge in [-0.1, -0.05) is 18.2 Å². The molecule has 0 N–H and O–H groups in total. The average Bonchev–Trinajstić information content (AvgIpc) is 1.90. The van der Waals surface area contributed by atoms with Crippen molar-refractivity contribution in [1.29, 1.82) is 0 Å². The van der Waals surface area contributed by atoms with Crippen LogP contribution in [-0.4, -0.2) is 0 Å². The molecule has 0 aliphatic rings. The molecule has 1 aromatic carbocycles. The highest BCUT2D eigenvalue weighted by molar-refractivity contribution is 8.08. The van der Waals surface area contributed by atoms with Crippen LogP contribution in [0.2, 0.25) is 0 Å². The summed E-state index contributed by atoms with van der Waals surface area (Å²) in [4.78, 5) is 0. The molecule has 48 valence electrons. The Bertz CT molecular complexity index is 174. The Labute approximate surface area is 65.1 Å². The minimum atomic E-state index is -1.27. The average molecular weight is 180 g/mol. The standard InChI is InChI=1S/C6H5Cl2P/c7-9(8)6-4-2-1-3-5-6/h1-5H/p+1. The molecule has 0 bridgehead atoms. The lowest BCUT2D eigenvalue weighted by Crippen LogP contribution is -1.89. The van der Waals surface area contributed by atoms with Gasteiger partial charge in [0.05, 0.1) is 0 Å². The molecule has 9 heavy (non-hydrogen) atoms. The van der Waals surface area contributed by atoms with Gasteiger partial charge in [0.15, 0.2) is 0 Å².